The summed E-state index contributed by atoms with van der Waals surface area (Å²) in [6.45, 7) is 4.41. The SMILES string of the molecule is CCC1CC(C)CC(c2[nH]n3c(=O)cc(-c4ccc(C#N)cc4)nc3c2-c2ccc(F)cc2F)C1. The van der Waals surface area contributed by atoms with E-state index in [-0.39, 0.29) is 17.0 Å². The Labute approximate surface area is 202 Å². The van der Waals surface area contributed by atoms with Crippen molar-refractivity contribution in [2.24, 2.45) is 11.8 Å². The number of aromatic amines is 1. The minimum atomic E-state index is -0.693. The van der Waals surface area contributed by atoms with Crippen molar-refractivity contribution in [3.05, 3.63) is 81.8 Å². The molecular formula is C28H26F2N4O. The number of H-pyrrole nitrogens is 1. The minimum absolute atomic E-state index is 0.0996. The van der Waals surface area contributed by atoms with Crippen LogP contribution in [-0.2, 0) is 0 Å². The molecule has 0 aliphatic heterocycles. The lowest BCUT2D eigenvalue weighted by molar-refractivity contribution is 0.244. The topological polar surface area (TPSA) is 73.9 Å². The molecule has 0 saturated heterocycles. The molecule has 4 aromatic rings. The van der Waals surface area contributed by atoms with Gasteiger partial charge in [0.2, 0.25) is 0 Å². The zero-order chi connectivity index (χ0) is 24.7. The Balaban J connectivity index is 1.75. The molecule has 1 aliphatic rings. The van der Waals surface area contributed by atoms with Gasteiger partial charge >= 0.3 is 0 Å². The number of benzene rings is 2. The van der Waals surface area contributed by atoms with E-state index >= 15 is 4.39 Å². The molecule has 35 heavy (non-hydrogen) atoms. The molecule has 0 amide bonds. The average Bonchev–Trinajstić information content (AvgIpc) is 3.23. The fraction of sp³-hybridized carbons (Fsp3) is 0.321. The van der Waals surface area contributed by atoms with E-state index in [1.54, 1.807) is 24.3 Å². The van der Waals surface area contributed by atoms with Crippen LogP contribution in [0.3, 0.4) is 0 Å². The van der Waals surface area contributed by atoms with Gasteiger partial charge in [0.05, 0.1) is 22.9 Å². The van der Waals surface area contributed by atoms with E-state index < -0.39 is 11.6 Å². The molecule has 2 aromatic heterocycles. The normalized spacial score (nSPS) is 20.1. The third-order valence-corrected chi connectivity index (χ3v) is 7.18. The molecule has 1 saturated carbocycles. The molecule has 0 bridgehead atoms. The summed E-state index contributed by atoms with van der Waals surface area (Å²) in [5.74, 6) is -0.215. The first-order valence-corrected chi connectivity index (χ1v) is 12.0. The summed E-state index contributed by atoms with van der Waals surface area (Å²) in [5.41, 5.74) is 3.08. The first kappa shape index (κ1) is 23.0. The van der Waals surface area contributed by atoms with Gasteiger partial charge in [-0.05, 0) is 55.4 Å². The highest BCUT2D eigenvalue weighted by Gasteiger charge is 2.32. The van der Waals surface area contributed by atoms with Crippen LogP contribution in [0, 0.1) is 34.8 Å². The van der Waals surface area contributed by atoms with E-state index in [1.807, 2.05) is 0 Å². The molecule has 3 unspecified atom stereocenters. The summed E-state index contributed by atoms with van der Waals surface area (Å²) in [6.07, 6.45) is 4.05. The number of nitrogens with zero attached hydrogens (tertiary/aromatic N) is 3. The van der Waals surface area contributed by atoms with E-state index in [1.165, 1.54) is 22.7 Å². The van der Waals surface area contributed by atoms with Crippen molar-refractivity contribution in [1.82, 2.24) is 14.6 Å². The number of nitrogens with one attached hydrogen (secondary N) is 1. The summed E-state index contributed by atoms with van der Waals surface area (Å²) in [4.78, 5) is 17.9. The lowest BCUT2D eigenvalue weighted by Gasteiger charge is -2.32. The first-order valence-electron chi connectivity index (χ1n) is 12.0. The van der Waals surface area contributed by atoms with Crippen molar-refractivity contribution in [2.45, 2.75) is 45.4 Å². The fourth-order valence-corrected chi connectivity index (χ4v) is 5.49. The van der Waals surface area contributed by atoms with Crippen LogP contribution in [0.1, 0.15) is 56.7 Å². The molecule has 3 atom stereocenters. The van der Waals surface area contributed by atoms with Crippen LogP contribution in [0.25, 0.3) is 28.0 Å². The number of rotatable bonds is 4. The Morgan fingerprint density at radius 3 is 2.57 bits per heavy atom. The third kappa shape index (κ3) is 4.25. The summed E-state index contributed by atoms with van der Waals surface area (Å²) >= 11 is 0. The Kier molecular flexibility index (Phi) is 5.98. The fourth-order valence-electron chi connectivity index (χ4n) is 5.49. The van der Waals surface area contributed by atoms with Crippen LogP contribution in [0.4, 0.5) is 8.78 Å². The quantitative estimate of drug-likeness (QED) is 0.372. The molecule has 1 N–H and O–H groups in total. The maximum Gasteiger partial charge on any atom is 0.273 e. The van der Waals surface area contributed by atoms with Crippen LogP contribution >= 0.6 is 0 Å². The van der Waals surface area contributed by atoms with Crippen molar-refractivity contribution in [1.29, 1.82) is 5.26 Å². The van der Waals surface area contributed by atoms with E-state index in [0.717, 1.165) is 37.4 Å². The summed E-state index contributed by atoms with van der Waals surface area (Å²) < 4.78 is 30.3. The van der Waals surface area contributed by atoms with Gasteiger partial charge in [0.15, 0.2) is 5.65 Å². The predicted octanol–water partition coefficient (Wildman–Crippen LogP) is 6.44. The molecule has 5 nitrogen and oxygen atoms in total. The molecule has 5 rings (SSSR count). The van der Waals surface area contributed by atoms with Crippen LogP contribution in [0.15, 0.2) is 53.3 Å². The first-order chi connectivity index (χ1) is 16.9. The summed E-state index contributed by atoms with van der Waals surface area (Å²) in [6, 6.07) is 13.8. The Bertz CT molecular complexity index is 1500. The second-order valence-corrected chi connectivity index (χ2v) is 9.64. The predicted molar refractivity (Wildman–Crippen MR) is 131 cm³/mol. The largest absolute Gasteiger partial charge is 0.293 e. The number of fused-ring (bicyclic) bond motifs is 1. The monoisotopic (exact) mass is 472 g/mol. The molecule has 7 heteroatoms. The van der Waals surface area contributed by atoms with Gasteiger partial charge in [-0.25, -0.2) is 18.3 Å². The van der Waals surface area contributed by atoms with Gasteiger partial charge in [0.1, 0.15) is 11.6 Å². The van der Waals surface area contributed by atoms with Gasteiger partial charge in [-0.1, -0.05) is 32.4 Å². The maximum absolute atomic E-state index is 15.1. The highest BCUT2D eigenvalue weighted by Crippen LogP contribution is 2.44. The van der Waals surface area contributed by atoms with E-state index in [9.17, 15) is 9.18 Å². The molecule has 1 fully saturated rings. The van der Waals surface area contributed by atoms with Gasteiger partial charge in [0, 0.05) is 34.9 Å². The van der Waals surface area contributed by atoms with Crippen molar-refractivity contribution >= 4 is 5.65 Å². The Morgan fingerprint density at radius 2 is 1.89 bits per heavy atom. The number of halogens is 2. The van der Waals surface area contributed by atoms with Gasteiger partial charge in [-0.15, -0.1) is 0 Å². The van der Waals surface area contributed by atoms with Crippen molar-refractivity contribution in [3.8, 4) is 28.5 Å². The van der Waals surface area contributed by atoms with Crippen LogP contribution in [0.2, 0.25) is 0 Å². The molecule has 2 aromatic carbocycles. The van der Waals surface area contributed by atoms with Gasteiger partial charge in [0.25, 0.3) is 5.56 Å². The van der Waals surface area contributed by atoms with Gasteiger partial charge in [-0.2, -0.15) is 5.26 Å². The Morgan fingerprint density at radius 1 is 1.11 bits per heavy atom. The molecule has 0 spiro atoms. The highest BCUT2D eigenvalue weighted by atomic mass is 19.1. The molecule has 178 valence electrons. The van der Waals surface area contributed by atoms with E-state index in [0.29, 0.717) is 39.9 Å². The summed E-state index contributed by atoms with van der Waals surface area (Å²) in [7, 11) is 0. The van der Waals surface area contributed by atoms with E-state index in [4.69, 9.17) is 10.2 Å². The van der Waals surface area contributed by atoms with Gasteiger partial charge < -0.3 is 0 Å². The lowest BCUT2D eigenvalue weighted by atomic mass is 9.73. The van der Waals surface area contributed by atoms with Gasteiger partial charge in [-0.3, -0.25) is 9.89 Å². The average molecular weight is 473 g/mol. The zero-order valence-electron chi connectivity index (χ0n) is 19.7. The standard InChI is InChI=1S/C28H26F2N4O/c1-3-17-10-16(2)11-20(12-17)27-26(22-9-8-21(29)13-23(22)30)28-32-24(14-25(35)34(28)33-27)19-6-4-18(15-31)5-7-19/h4-9,13-14,16-17,20,33H,3,10-12H2,1-2H3. The summed E-state index contributed by atoms with van der Waals surface area (Å²) in [5, 5.41) is 12.3. The Hall–Kier alpha value is -3.79. The molecule has 0 radical (unpaired) electrons. The number of hydrogen-bond donors (Lipinski definition) is 1. The van der Waals surface area contributed by atoms with Crippen molar-refractivity contribution in [2.75, 3.05) is 0 Å². The second kappa shape index (κ2) is 9.10. The van der Waals surface area contributed by atoms with Crippen LogP contribution in [0.5, 0.6) is 0 Å². The molecule has 2 heterocycles. The van der Waals surface area contributed by atoms with Crippen molar-refractivity contribution < 1.29 is 8.78 Å². The van der Waals surface area contributed by atoms with Crippen molar-refractivity contribution in [3.63, 3.8) is 0 Å². The third-order valence-electron chi connectivity index (χ3n) is 7.18. The highest BCUT2D eigenvalue weighted by molar-refractivity contribution is 5.82. The smallest absolute Gasteiger partial charge is 0.273 e. The molecule has 1 aliphatic carbocycles. The number of aromatic nitrogens is 3. The van der Waals surface area contributed by atoms with E-state index in [2.05, 4.69) is 25.0 Å². The zero-order valence-corrected chi connectivity index (χ0v) is 19.7. The minimum Gasteiger partial charge on any atom is -0.293 e. The van der Waals surface area contributed by atoms with Crippen LogP contribution < -0.4 is 5.56 Å². The second-order valence-electron chi connectivity index (χ2n) is 9.64. The van der Waals surface area contributed by atoms with Crippen LogP contribution in [-0.4, -0.2) is 14.6 Å². The number of hydrogen-bond acceptors (Lipinski definition) is 3. The number of nitriles is 1. The maximum atomic E-state index is 15.1. The molecular weight excluding hydrogens is 446 g/mol. The lowest BCUT2D eigenvalue weighted by Crippen LogP contribution is -2.21.